The zero-order chi connectivity index (χ0) is 11.5. The maximum absolute atomic E-state index is 11.6. The van der Waals surface area contributed by atoms with Crippen LogP contribution in [-0.4, -0.2) is 20.1 Å². The molecule has 0 bridgehead atoms. The molecule has 1 aromatic rings. The van der Waals surface area contributed by atoms with Gasteiger partial charge >= 0.3 is 0 Å². The average molecular weight is 230 g/mol. The molecule has 0 fully saturated rings. The lowest BCUT2D eigenvalue weighted by Gasteiger charge is -2.06. The first-order valence-electron chi connectivity index (χ1n) is 4.55. The smallest absolute Gasteiger partial charge is 0.240 e. The van der Waals surface area contributed by atoms with E-state index in [4.69, 9.17) is 10.8 Å². The van der Waals surface area contributed by atoms with Crippen LogP contribution in [0, 0.1) is 0 Å². The zero-order valence-electron chi connectivity index (χ0n) is 8.40. The lowest BCUT2D eigenvalue weighted by Crippen LogP contribution is -2.24. The Morgan fingerprint density at radius 1 is 1.47 bits per heavy atom. The van der Waals surface area contributed by atoms with Crippen LogP contribution in [0.5, 0.6) is 5.75 Å². The van der Waals surface area contributed by atoms with Crippen molar-refractivity contribution in [3.05, 3.63) is 18.2 Å². The summed E-state index contributed by atoms with van der Waals surface area (Å²) in [4.78, 5) is 0.0613. The van der Waals surface area contributed by atoms with Gasteiger partial charge in [-0.15, -0.1) is 0 Å². The number of nitrogens with one attached hydrogen (secondary N) is 1. The molecule has 0 amide bonds. The van der Waals surface area contributed by atoms with Crippen molar-refractivity contribution in [1.29, 1.82) is 0 Å². The Morgan fingerprint density at radius 3 is 2.67 bits per heavy atom. The van der Waals surface area contributed by atoms with Crippen LogP contribution in [0.3, 0.4) is 0 Å². The maximum atomic E-state index is 11.6. The van der Waals surface area contributed by atoms with Gasteiger partial charge in [-0.2, -0.15) is 0 Å². The van der Waals surface area contributed by atoms with Crippen LogP contribution in [0.2, 0.25) is 0 Å². The summed E-state index contributed by atoms with van der Waals surface area (Å²) in [5, 5.41) is 9.15. The number of nitrogens with two attached hydrogens (primary N) is 1. The highest BCUT2D eigenvalue weighted by Gasteiger charge is 2.13. The van der Waals surface area contributed by atoms with Gasteiger partial charge in [0.25, 0.3) is 0 Å². The largest absolute Gasteiger partial charge is 0.506 e. The summed E-state index contributed by atoms with van der Waals surface area (Å²) in [6.45, 7) is 2.25. The summed E-state index contributed by atoms with van der Waals surface area (Å²) in [6, 6.07) is 3.80. The molecule has 0 unspecified atom stereocenters. The van der Waals surface area contributed by atoms with E-state index in [2.05, 4.69) is 4.72 Å². The normalized spacial score (nSPS) is 11.5. The Morgan fingerprint density at radius 2 is 2.13 bits per heavy atom. The number of nitrogen functional groups attached to an aromatic ring is 1. The highest BCUT2D eigenvalue weighted by atomic mass is 32.2. The molecule has 84 valence electrons. The maximum Gasteiger partial charge on any atom is 0.240 e. The number of sulfonamides is 1. The molecule has 0 atom stereocenters. The first-order chi connectivity index (χ1) is 6.97. The van der Waals surface area contributed by atoms with Crippen LogP contribution in [-0.2, 0) is 10.0 Å². The topological polar surface area (TPSA) is 92.4 Å². The minimum absolute atomic E-state index is 0.0503. The summed E-state index contributed by atoms with van der Waals surface area (Å²) >= 11 is 0. The van der Waals surface area contributed by atoms with Crippen LogP contribution in [0.1, 0.15) is 13.3 Å². The van der Waals surface area contributed by atoms with Gasteiger partial charge in [0.1, 0.15) is 5.75 Å². The highest BCUT2D eigenvalue weighted by molar-refractivity contribution is 7.89. The van der Waals surface area contributed by atoms with E-state index in [0.717, 1.165) is 0 Å². The molecule has 4 N–H and O–H groups in total. The quantitative estimate of drug-likeness (QED) is 0.523. The summed E-state index contributed by atoms with van der Waals surface area (Å²) in [5.74, 6) is -0.121. The van der Waals surface area contributed by atoms with E-state index in [1.165, 1.54) is 18.2 Å². The first kappa shape index (κ1) is 11.8. The molecule has 0 heterocycles. The number of aromatic hydroxyl groups is 1. The number of benzene rings is 1. The number of phenolic OH excluding ortho intramolecular Hbond substituents is 1. The lowest BCUT2D eigenvalue weighted by atomic mass is 10.3. The fraction of sp³-hybridized carbons (Fsp3) is 0.333. The molecule has 0 saturated carbocycles. The van der Waals surface area contributed by atoms with Gasteiger partial charge in [-0.05, 0) is 24.6 Å². The van der Waals surface area contributed by atoms with Gasteiger partial charge in [-0.25, -0.2) is 13.1 Å². The molecule has 0 saturated heterocycles. The zero-order valence-corrected chi connectivity index (χ0v) is 9.21. The van der Waals surface area contributed by atoms with Crippen LogP contribution in [0.25, 0.3) is 0 Å². The Kier molecular flexibility index (Phi) is 3.54. The average Bonchev–Trinajstić information content (AvgIpc) is 2.19. The molecule has 0 radical (unpaired) electrons. The molecule has 6 heteroatoms. The summed E-state index contributed by atoms with van der Waals surface area (Å²) in [7, 11) is -3.50. The Hall–Kier alpha value is -1.27. The van der Waals surface area contributed by atoms with Gasteiger partial charge in [0.2, 0.25) is 10.0 Å². The van der Waals surface area contributed by atoms with E-state index in [1.54, 1.807) is 0 Å². The molecule has 0 aliphatic rings. The second kappa shape index (κ2) is 4.50. The van der Waals surface area contributed by atoms with Crippen molar-refractivity contribution in [2.45, 2.75) is 18.2 Å². The van der Waals surface area contributed by atoms with Gasteiger partial charge in [-0.1, -0.05) is 6.92 Å². The van der Waals surface area contributed by atoms with E-state index in [0.29, 0.717) is 13.0 Å². The second-order valence-electron chi connectivity index (χ2n) is 3.12. The molecule has 1 rings (SSSR count). The number of rotatable bonds is 4. The lowest BCUT2D eigenvalue weighted by molar-refractivity contribution is 0.477. The van der Waals surface area contributed by atoms with Crippen molar-refractivity contribution in [3.8, 4) is 5.75 Å². The highest BCUT2D eigenvalue weighted by Crippen LogP contribution is 2.22. The number of hydrogen-bond acceptors (Lipinski definition) is 4. The van der Waals surface area contributed by atoms with Gasteiger partial charge in [0.15, 0.2) is 0 Å². The monoisotopic (exact) mass is 230 g/mol. The fourth-order valence-corrected chi connectivity index (χ4v) is 2.19. The van der Waals surface area contributed by atoms with E-state index >= 15 is 0 Å². The van der Waals surface area contributed by atoms with Gasteiger partial charge < -0.3 is 10.8 Å². The van der Waals surface area contributed by atoms with Crippen molar-refractivity contribution in [3.63, 3.8) is 0 Å². The van der Waals surface area contributed by atoms with Gasteiger partial charge in [-0.3, -0.25) is 0 Å². The summed E-state index contributed by atoms with van der Waals surface area (Å²) < 4.78 is 25.6. The second-order valence-corrected chi connectivity index (χ2v) is 4.89. The fourth-order valence-electron chi connectivity index (χ4n) is 1.02. The van der Waals surface area contributed by atoms with E-state index < -0.39 is 10.0 Å². The SMILES string of the molecule is CCCNS(=O)(=O)c1ccc(O)c(N)c1. The van der Waals surface area contributed by atoms with Crippen molar-refractivity contribution >= 4 is 15.7 Å². The molecular weight excluding hydrogens is 216 g/mol. The number of phenols is 1. The third-order valence-corrected chi connectivity index (χ3v) is 3.31. The minimum Gasteiger partial charge on any atom is -0.506 e. The molecule has 15 heavy (non-hydrogen) atoms. The van der Waals surface area contributed by atoms with Crippen LogP contribution >= 0.6 is 0 Å². The van der Waals surface area contributed by atoms with Crippen LogP contribution in [0.4, 0.5) is 5.69 Å². The molecular formula is C9H14N2O3S. The predicted octanol–water partition coefficient (Wildman–Crippen LogP) is 0.663. The van der Waals surface area contributed by atoms with Gasteiger partial charge in [0, 0.05) is 6.54 Å². The molecule has 1 aromatic carbocycles. The van der Waals surface area contributed by atoms with E-state index in [9.17, 15) is 8.42 Å². The molecule has 5 nitrogen and oxygen atoms in total. The van der Waals surface area contributed by atoms with Crippen molar-refractivity contribution in [2.75, 3.05) is 12.3 Å². The van der Waals surface area contributed by atoms with Crippen LogP contribution < -0.4 is 10.5 Å². The Labute approximate surface area is 89.0 Å². The summed E-state index contributed by atoms with van der Waals surface area (Å²) in [6.07, 6.45) is 0.715. The predicted molar refractivity (Wildman–Crippen MR) is 58.0 cm³/mol. The number of anilines is 1. The van der Waals surface area contributed by atoms with Crippen molar-refractivity contribution in [2.24, 2.45) is 0 Å². The van der Waals surface area contributed by atoms with Crippen molar-refractivity contribution in [1.82, 2.24) is 4.72 Å². The third kappa shape index (κ3) is 2.84. The third-order valence-electron chi connectivity index (χ3n) is 1.85. The summed E-state index contributed by atoms with van der Waals surface area (Å²) in [5.41, 5.74) is 5.45. The Balaban J connectivity index is 3.00. The molecule has 0 aliphatic heterocycles. The molecule has 0 spiro atoms. The minimum atomic E-state index is -3.50. The molecule has 0 aromatic heterocycles. The van der Waals surface area contributed by atoms with Crippen LogP contribution in [0.15, 0.2) is 23.1 Å². The standard InChI is InChI=1S/C9H14N2O3S/c1-2-5-11-15(13,14)7-3-4-9(12)8(10)6-7/h3-4,6,11-12H,2,5,10H2,1H3. The first-order valence-corrected chi connectivity index (χ1v) is 6.04. The molecule has 0 aliphatic carbocycles. The van der Waals surface area contributed by atoms with E-state index in [1.807, 2.05) is 6.92 Å². The Bertz CT molecular complexity index is 443. The van der Waals surface area contributed by atoms with E-state index in [-0.39, 0.29) is 16.3 Å². The number of hydrogen-bond donors (Lipinski definition) is 3. The van der Waals surface area contributed by atoms with Crippen molar-refractivity contribution < 1.29 is 13.5 Å². The van der Waals surface area contributed by atoms with Gasteiger partial charge in [0.05, 0.1) is 10.6 Å².